The zero-order valence-corrected chi connectivity index (χ0v) is 13.6. The third-order valence-electron chi connectivity index (χ3n) is 3.55. The smallest absolute Gasteiger partial charge is 0.255 e. The Morgan fingerprint density at radius 1 is 1.43 bits per heavy atom. The van der Waals surface area contributed by atoms with Gasteiger partial charge < -0.3 is 4.90 Å². The molecule has 1 amide bonds. The van der Waals surface area contributed by atoms with Crippen LogP contribution >= 0.6 is 11.6 Å². The SMILES string of the molecule is CN(C)S(=O)(=O)[C@@H]1CCCN(C(=O)c2cncc(Cl)c2)C1. The van der Waals surface area contributed by atoms with Gasteiger partial charge in [-0.05, 0) is 18.9 Å². The van der Waals surface area contributed by atoms with E-state index in [-0.39, 0.29) is 12.5 Å². The van der Waals surface area contributed by atoms with E-state index >= 15 is 0 Å². The van der Waals surface area contributed by atoms with E-state index < -0.39 is 15.3 Å². The van der Waals surface area contributed by atoms with Crippen molar-refractivity contribution in [3.63, 3.8) is 0 Å². The molecule has 1 aromatic heterocycles. The fourth-order valence-corrected chi connectivity index (χ4v) is 3.98. The predicted octanol–water partition coefficient (Wildman–Crippen LogP) is 1.23. The Hall–Kier alpha value is -1.18. The van der Waals surface area contributed by atoms with Gasteiger partial charge in [-0.1, -0.05) is 11.6 Å². The minimum atomic E-state index is -3.36. The molecule has 0 saturated carbocycles. The fraction of sp³-hybridized carbons (Fsp3) is 0.538. The van der Waals surface area contributed by atoms with Crippen LogP contribution in [0.25, 0.3) is 0 Å². The Balaban J connectivity index is 2.16. The van der Waals surface area contributed by atoms with Crippen molar-refractivity contribution in [3.05, 3.63) is 29.0 Å². The first-order valence-electron chi connectivity index (χ1n) is 6.63. The highest BCUT2D eigenvalue weighted by Crippen LogP contribution is 2.21. The second-order valence-electron chi connectivity index (χ2n) is 5.23. The molecule has 2 rings (SSSR count). The van der Waals surface area contributed by atoms with Gasteiger partial charge in [0.1, 0.15) is 0 Å². The number of rotatable bonds is 3. The maximum atomic E-state index is 12.4. The van der Waals surface area contributed by atoms with E-state index in [9.17, 15) is 13.2 Å². The molecule has 21 heavy (non-hydrogen) atoms. The van der Waals surface area contributed by atoms with Gasteiger partial charge in [-0.15, -0.1) is 0 Å². The van der Waals surface area contributed by atoms with Gasteiger partial charge in [0.2, 0.25) is 10.0 Å². The van der Waals surface area contributed by atoms with E-state index in [0.717, 1.165) is 0 Å². The number of sulfonamides is 1. The summed E-state index contributed by atoms with van der Waals surface area (Å²) in [5, 5.41) is -0.173. The zero-order chi connectivity index (χ0) is 15.6. The summed E-state index contributed by atoms with van der Waals surface area (Å²) in [5.74, 6) is -0.233. The van der Waals surface area contributed by atoms with Crippen molar-refractivity contribution in [3.8, 4) is 0 Å². The summed E-state index contributed by atoms with van der Waals surface area (Å²) < 4.78 is 25.6. The molecular weight excluding hydrogens is 314 g/mol. The molecule has 0 unspecified atom stereocenters. The number of halogens is 1. The molecule has 0 bridgehead atoms. The number of carbonyl (C=O) groups excluding carboxylic acids is 1. The average Bonchev–Trinajstić information content (AvgIpc) is 2.46. The van der Waals surface area contributed by atoms with Crippen LogP contribution < -0.4 is 0 Å². The number of aromatic nitrogens is 1. The number of amides is 1. The summed E-state index contributed by atoms with van der Waals surface area (Å²) in [5.41, 5.74) is 0.380. The van der Waals surface area contributed by atoms with Gasteiger partial charge in [0.25, 0.3) is 5.91 Å². The third-order valence-corrected chi connectivity index (χ3v) is 6.00. The Bertz CT molecular complexity index is 633. The van der Waals surface area contributed by atoms with Gasteiger partial charge in [-0.2, -0.15) is 0 Å². The molecule has 0 aromatic carbocycles. The number of pyridine rings is 1. The second-order valence-corrected chi connectivity index (χ2v) is 8.10. The van der Waals surface area contributed by atoms with Crippen LogP contribution in [0.15, 0.2) is 18.5 Å². The van der Waals surface area contributed by atoms with E-state index in [1.54, 1.807) is 11.0 Å². The minimum absolute atomic E-state index is 0.200. The van der Waals surface area contributed by atoms with Crippen LogP contribution in [0, 0.1) is 0 Å². The summed E-state index contributed by atoms with van der Waals surface area (Å²) in [4.78, 5) is 17.9. The molecule has 6 nitrogen and oxygen atoms in total. The Labute approximate surface area is 129 Å². The third kappa shape index (κ3) is 3.53. The topological polar surface area (TPSA) is 70.6 Å². The number of likely N-dealkylation sites (tertiary alicyclic amines) is 1. The minimum Gasteiger partial charge on any atom is -0.337 e. The van der Waals surface area contributed by atoms with Crippen LogP contribution in [-0.2, 0) is 10.0 Å². The van der Waals surface area contributed by atoms with Crippen molar-refractivity contribution < 1.29 is 13.2 Å². The monoisotopic (exact) mass is 331 g/mol. The van der Waals surface area contributed by atoms with Crippen LogP contribution in [0.2, 0.25) is 5.02 Å². The lowest BCUT2D eigenvalue weighted by molar-refractivity contribution is 0.0725. The molecule has 1 saturated heterocycles. The van der Waals surface area contributed by atoms with Crippen molar-refractivity contribution in [2.24, 2.45) is 0 Å². The number of carbonyl (C=O) groups is 1. The van der Waals surface area contributed by atoms with Crippen molar-refractivity contribution in [1.29, 1.82) is 0 Å². The molecule has 0 aliphatic carbocycles. The number of piperidine rings is 1. The lowest BCUT2D eigenvalue weighted by Crippen LogP contribution is -2.48. The second kappa shape index (κ2) is 6.29. The molecule has 1 aliphatic rings. The number of hydrogen-bond acceptors (Lipinski definition) is 4. The molecule has 1 fully saturated rings. The van der Waals surface area contributed by atoms with Gasteiger partial charge in [-0.25, -0.2) is 12.7 Å². The predicted molar refractivity (Wildman–Crippen MR) is 80.8 cm³/mol. The summed E-state index contributed by atoms with van der Waals surface area (Å²) in [6.45, 7) is 0.747. The summed E-state index contributed by atoms with van der Waals surface area (Å²) >= 11 is 5.83. The largest absolute Gasteiger partial charge is 0.337 e. The van der Waals surface area contributed by atoms with Crippen LogP contribution in [0.1, 0.15) is 23.2 Å². The zero-order valence-electron chi connectivity index (χ0n) is 12.0. The summed E-state index contributed by atoms with van der Waals surface area (Å²) in [6.07, 6.45) is 4.13. The normalized spacial score (nSPS) is 19.8. The summed E-state index contributed by atoms with van der Waals surface area (Å²) in [6, 6.07) is 1.54. The first-order valence-corrected chi connectivity index (χ1v) is 8.51. The van der Waals surface area contributed by atoms with Gasteiger partial charge in [0.05, 0.1) is 15.8 Å². The average molecular weight is 332 g/mol. The Kier molecular flexibility index (Phi) is 4.85. The van der Waals surface area contributed by atoms with E-state index in [0.29, 0.717) is 30.0 Å². The first-order chi connectivity index (χ1) is 9.82. The molecule has 1 atom stereocenters. The van der Waals surface area contributed by atoms with Crippen LogP contribution in [0.4, 0.5) is 0 Å². The highest BCUT2D eigenvalue weighted by atomic mass is 35.5. The van der Waals surface area contributed by atoms with Gasteiger partial charge in [0.15, 0.2) is 0 Å². The molecule has 0 radical (unpaired) electrons. The summed E-state index contributed by atoms with van der Waals surface area (Å²) in [7, 11) is -0.337. The lowest BCUT2D eigenvalue weighted by Gasteiger charge is -2.33. The molecule has 1 aliphatic heterocycles. The maximum Gasteiger partial charge on any atom is 0.255 e. The van der Waals surface area contributed by atoms with Crippen molar-refractivity contribution in [1.82, 2.24) is 14.2 Å². The molecular formula is C13H18ClN3O3S. The van der Waals surface area contributed by atoms with Gasteiger partial charge in [-0.3, -0.25) is 9.78 Å². The van der Waals surface area contributed by atoms with Crippen molar-refractivity contribution in [2.75, 3.05) is 27.2 Å². The van der Waals surface area contributed by atoms with Crippen LogP contribution in [0.3, 0.4) is 0 Å². The highest BCUT2D eigenvalue weighted by molar-refractivity contribution is 7.89. The maximum absolute atomic E-state index is 12.4. The quantitative estimate of drug-likeness (QED) is 0.835. The molecule has 116 valence electrons. The molecule has 1 aromatic rings. The van der Waals surface area contributed by atoms with E-state index in [2.05, 4.69) is 4.98 Å². The van der Waals surface area contributed by atoms with Crippen molar-refractivity contribution >= 4 is 27.5 Å². The molecule has 8 heteroatoms. The Morgan fingerprint density at radius 3 is 2.76 bits per heavy atom. The molecule has 2 heterocycles. The standard InChI is InChI=1S/C13H18ClN3O3S/c1-16(2)21(19,20)12-4-3-5-17(9-12)13(18)10-6-11(14)8-15-7-10/h6-8,12H,3-5,9H2,1-2H3/t12-/m1/s1. The fourth-order valence-electron chi connectivity index (χ4n) is 2.38. The number of nitrogens with zero attached hydrogens (tertiary/aromatic N) is 3. The van der Waals surface area contributed by atoms with E-state index in [1.165, 1.54) is 30.8 Å². The lowest BCUT2D eigenvalue weighted by atomic mass is 10.1. The van der Waals surface area contributed by atoms with Crippen LogP contribution in [0.5, 0.6) is 0 Å². The molecule has 0 spiro atoms. The number of hydrogen-bond donors (Lipinski definition) is 0. The van der Waals surface area contributed by atoms with Crippen LogP contribution in [-0.4, -0.2) is 60.9 Å². The van der Waals surface area contributed by atoms with E-state index in [1.807, 2.05) is 0 Å². The Morgan fingerprint density at radius 2 is 2.14 bits per heavy atom. The molecule has 0 N–H and O–H groups in total. The van der Waals surface area contributed by atoms with Gasteiger partial charge in [0, 0.05) is 39.6 Å². The van der Waals surface area contributed by atoms with Crippen molar-refractivity contribution in [2.45, 2.75) is 18.1 Å². The van der Waals surface area contributed by atoms with Gasteiger partial charge >= 0.3 is 0 Å². The van der Waals surface area contributed by atoms with E-state index in [4.69, 9.17) is 11.6 Å². The first kappa shape index (κ1) is 16.2. The highest BCUT2D eigenvalue weighted by Gasteiger charge is 2.34.